The van der Waals surface area contributed by atoms with Gasteiger partial charge in [0.15, 0.2) is 34.7 Å². The van der Waals surface area contributed by atoms with Crippen molar-refractivity contribution in [2.75, 3.05) is 42.7 Å². The summed E-state index contributed by atoms with van der Waals surface area (Å²) in [5.74, 6) is 9.57. The molecule has 606 valence electrons. The van der Waals surface area contributed by atoms with Crippen molar-refractivity contribution >= 4 is 57.3 Å². The zero-order chi connectivity index (χ0) is 85.4. The molecule has 0 saturated heterocycles. The summed E-state index contributed by atoms with van der Waals surface area (Å²) in [6.45, 7) is 16.8. The largest absolute Gasteiger partial charge is 1.00 e. The maximum Gasteiger partial charge on any atom is 1.00 e. The number of carbonyl (C=O) groups excluding carboxylic acids is 7. The number of halogens is 1. The molecule has 0 saturated carbocycles. The van der Waals surface area contributed by atoms with Crippen LogP contribution < -0.4 is 80.8 Å². The molecule has 24 nitrogen and oxygen atoms in total. The zero-order valence-electron chi connectivity index (χ0n) is 68.5. The minimum Gasteiger partial charge on any atom is -0.872 e. The van der Waals surface area contributed by atoms with Crippen LogP contribution in [-0.2, 0) is 19.3 Å². The molecule has 3 aliphatic carbocycles. The fourth-order valence-corrected chi connectivity index (χ4v) is 14.2. The van der Waals surface area contributed by atoms with Gasteiger partial charge in [-0.2, -0.15) is 5.10 Å². The molecule has 4 aromatic heterocycles. The molecule has 0 fully saturated rings. The standard InChI is InChI=1S/C28H27N3O4.C28H27NO6.C20H20ClNO5.2C8H8O.Li.H4N2/c1-28(2)15-24-20(25(32)16-28)13-19(22-14-21(29-30-22)17-8-6-5-7-9-17)27(33)31(24)23-12-18(34-3)10-11-26(23)35-4;1-28(2)15-22-19(25(32)16-28)13-20(24(31)14-23(30)17-8-6-5-7-9-17)27(33)29(22)21-12-18(34-3)10-11-26(21)35-4;1-20(2)9-15-12(16(23)10-20)8-13(18(21)24)19(25)22(15)14-7-11(26-3)5-6-17(14)27-4;2*1-7(9)8-5-3-2-4-6-8;;1-2/h5-14H,15-16H2,1-4H3,(H,29,30);5-13H,14-16H2,1-4H3;5-8H,9-10H2,1-4H3;2-6H,1H3;2-6,9H,1H2;;1-2H2/q;;;;;+1;/p-1. The summed E-state index contributed by atoms with van der Waals surface area (Å²) >= 11 is 5.63. The smallest absolute Gasteiger partial charge is 0.872 e. The number of nitrogens with two attached hydrogens (primary N) is 2. The average molecular weight is 1610 g/mol. The molecule has 7 aromatic carbocycles. The van der Waals surface area contributed by atoms with Gasteiger partial charge < -0.3 is 33.5 Å². The molecule has 3 aliphatic rings. The topological polar surface area (TPSA) is 345 Å². The predicted molar refractivity (Wildman–Crippen MR) is 448 cm³/mol. The van der Waals surface area contributed by atoms with E-state index in [0.29, 0.717) is 140 Å². The van der Waals surface area contributed by atoms with Crippen molar-refractivity contribution in [3.63, 3.8) is 0 Å². The van der Waals surface area contributed by atoms with Gasteiger partial charge in [0.2, 0.25) is 0 Å². The number of aromatic amines is 1. The first-order valence-electron chi connectivity index (χ1n) is 37.1. The Morgan fingerprint density at radius 3 is 1.14 bits per heavy atom. The number of benzene rings is 7. The van der Waals surface area contributed by atoms with Gasteiger partial charge in [0.1, 0.15) is 40.1 Å². The number of carbonyl (C=O) groups is 7. The van der Waals surface area contributed by atoms with Gasteiger partial charge in [-0.3, -0.25) is 78.4 Å². The first-order valence-corrected chi connectivity index (χ1v) is 37.5. The summed E-state index contributed by atoms with van der Waals surface area (Å²) in [6, 6.07) is 57.9. The molecule has 0 unspecified atom stereocenters. The fraction of sp³-hybridized carbons (Fsp3) is 0.250. The number of hydrazine groups is 1. The molecule has 0 amide bonds. The van der Waals surface area contributed by atoms with Crippen molar-refractivity contribution in [3.05, 3.63) is 299 Å². The SMILES string of the molecule is C=C([O-])c1ccccc1.CC(=O)c1ccccc1.COc1ccc(OC)c(-n2c3c(cc(-c4cc(-c5ccccc5)n[nH]4)c2=O)C(=O)CC(C)(C)C3)c1.COc1ccc(OC)c(-n2c3c(cc(C(=O)CC(=O)c4ccccc4)c2=O)C(=O)CC(C)(C)C3)c1.COc1ccc(OC)c(-n2c3c(cc(C(=O)Cl)c2=O)C(=O)CC(C)(C)C3)c1.NN.[Li+]. The van der Waals surface area contributed by atoms with Gasteiger partial charge in [0.05, 0.1) is 88.7 Å². The van der Waals surface area contributed by atoms with Gasteiger partial charge in [-0.05, 0) is 120 Å². The number of hydrogen-bond donors (Lipinski definition) is 3. The summed E-state index contributed by atoms with van der Waals surface area (Å²) in [5, 5.41) is 17.0. The second-order valence-electron chi connectivity index (χ2n) is 30.0. The molecule has 0 atom stereocenters. The van der Waals surface area contributed by atoms with Crippen LogP contribution in [0.3, 0.4) is 0 Å². The molecule has 0 bridgehead atoms. The molecular weight excluding hydrogens is 1520 g/mol. The Morgan fingerprint density at radius 1 is 0.441 bits per heavy atom. The van der Waals surface area contributed by atoms with Crippen molar-refractivity contribution in [1.29, 1.82) is 0 Å². The predicted octanol–water partition coefficient (Wildman–Crippen LogP) is 11.7. The molecule has 0 spiro atoms. The Hall–Kier alpha value is -12.6. The molecule has 26 heteroatoms. The van der Waals surface area contributed by atoms with E-state index in [2.05, 4.69) is 28.5 Å². The Balaban J connectivity index is 0.000000197. The van der Waals surface area contributed by atoms with Gasteiger partial charge >= 0.3 is 18.9 Å². The minimum atomic E-state index is -0.906. The molecular formula is C92H93ClLiN7O17. The van der Waals surface area contributed by atoms with Crippen LogP contribution in [0.5, 0.6) is 34.5 Å². The Labute approximate surface area is 700 Å². The number of hydrogen-bond acceptors (Lipinski definition) is 20. The van der Waals surface area contributed by atoms with Crippen molar-refractivity contribution in [2.24, 2.45) is 27.9 Å². The maximum atomic E-state index is 14.1. The van der Waals surface area contributed by atoms with Gasteiger partial charge in [0, 0.05) is 87.9 Å². The van der Waals surface area contributed by atoms with E-state index in [-0.39, 0.29) is 87.1 Å². The van der Waals surface area contributed by atoms with E-state index in [9.17, 15) is 53.1 Å². The van der Waals surface area contributed by atoms with Crippen molar-refractivity contribution in [2.45, 2.75) is 93.4 Å². The summed E-state index contributed by atoms with van der Waals surface area (Å²) in [5.41, 5.74) is 5.70. The maximum absolute atomic E-state index is 14.1. The number of pyridine rings is 3. The van der Waals surface area contributed by atoms with Crippen LogP contribution in [-0.4, -0.2) is 106 Å². The van der Waals surface area contributed by atoms with Crippen molar-refractivity contribution < 1.29 is 86.0 Å². The Bertz CT molecular complexity index is 5710. The van der Waals surface area contributed by atoms with Crippen LogP contribution in [0.15, 0.2) is 221 Å². The molecule has 0 radical (unpaired) electrons. The van der Waals surface area contributed by atoms with Crippen LogP contribution in [0.4, 0.5) is 0 Å². The number of H-pyrrole nitrogens is 1. The van der Waals surface area contributed by atoms with Gasteiger partial charge in [-0.1, -0.05) is 163 Å². The molecule has 14 rings (SSSR count). The van der Waals surface area contributed by atoms with E-state index in [0.717, 1.165) is 16.8 Å². The van der Waals surface area contributed by atoms with E-state index in [1.807, 2.05) is 126 Å². The van der Waals surface area contributed by atoms with Crippen LogP contribution >= 0.6 is 11.6 Å². The quantitative estimate of drug-likeness (QED) is 0.0137. The number of ether oxygens (including phenoxy) is 6. The number of nitrogens with zero attached hydrogens (tertiary/aromatic N) is 4. The van der Waals surface area contributed by atoms with Crippen molar-refractivity contribution in [3.8, 4) is 74.1 Å². The van der Waals surface area contributed by atoms with E-state index < -0.39 is 34.3 Å². The van der Waals surface area contributed by atoms with Crippen LogP contribution in [0.25, 0.3) is 45.3 Å². The van der Waals surface area contributed by atoms with Crippen LogP contribution in [0.2, 0.25) is 0 Å². The third-order valence-corrected chi connectivity index (χ3v) is 19.9. The normalized spacial score (nSPS) is 13.4. The fourth-order valence-electron chi connectivity index (χ4n) is 14.0. The second kappa shape index (κ2) is 39.9. The van der Waals surface area contributed by atoms with Crippen molar-refractivity contribution in [1.82, 2.24) is 23.9 Å². The summed E-state index contributed by atoms with van der Waals surface area (Å²) in [4.78, 5) is 129. The number of methoxy groups -OCH3 is 6. The number of Topliss-reactive ketones (excluding diaryl/α,β-unsaturated/α-hetero) is 6. The molecule has 11 aromatic rings. The van der Waals surface area contributed by atoms with Crippen LogP contribution in [0.1, 0.15) is 169 Å². The third-order valence-electron chi connectivity index (χ3n) is 19.7. The van der Waals surface area contributed by atoms with E-state index >= 15 is 0 Å². The van der Waals surface area contributed by atoms with Crippen LogP contribution in [0, 0.1) is 16.2 Å². The Kier molecular flexibility index (Phi) is 30.7. The summed E-state index contributed by atoms with van der Waals surface area (Å²) in [6.07, 6.45) is 2.04. The minimum absolute atomic E-state index is 0. The molecule has 4 heterocycles. The summed E-state index contributed by atoms with van der Waals surface area (Å²) in [7, 11) is 9.10. The molecule has 5 N–H and O–H groups in total. The number of nitrogens with one attached hydrogen (secondary N) is 1. The van der Waals surface area contributed by atoms with Gasteiger partial charge in [0.25, 0.3) is 21.9 Å². The second-order valence-corrected chi connectivity index (χ2v) is 30.4. The number of fused-ring (bicyclic) bond motifs is 3. The monoisotopic (exact) mass is 1610 g/mol. The Morgan fingerprint density at radius 2 is 0.788 bits per heavy atom. The summed E-state index contributed by atoms with van der Waals surface area (Å²) < 4.78 is 36.9. The number of ketones is 6. The first-order chi connectivity index (χ1) is 55.7. The molecule has 118 heavy (non-hydrogen) atoms. The van der Waals surface area contributed by atoms with Gasteiger partial charge in [-0.15, -0.1) is 12.3 Å². The zero-order valence-corrected chi connectivity index (χ0v) is 69.2. The number of aromatic nitrogens is 5. The first kappa shape index (κ1) is 91.0. The van der Waals surface area contributed by atoms with E-state index in [1.54, 1.807) is 129 Å². The number of rotatable bonds is 18. The molecule has 0 aliphatic heterocycles. The van der Waals surface area contributed by atoms with E-state index in [1.165, 1.54) is 49.7 Å². The average Bonchev–Trinajstić information content (AvgIpc) is 0.954. The third kappa shape index (κ3) is 21.4. The van der Waals surface area contributed by atoms with Gasteiger partial charge in [-0.25, -0.2) is 0 Å². The van der Waals surface area contributed by atoms with E-state index in [4.69, 9.17) is 40.0 Å².